The Bertz CT molecular complexity index is 566. The van der Waals surface area contributed by atoms with Gasteiger partial charge in [-0.05, 0) is 6.07 Å². The Kier molecular flexibility index (Phi) is 2.85. The molecule has 0 aliphatic heterocycles. The Hall–Kier alpha value is -1.88. The van der Waals surface area contributed by atoms with E-state index in [1.807, 2.05) is 0 Å². The third kappa shape index (κ3) is 1.89. The highest BCUT2D eigenvalue weighted by Gasteiger charge is 2.14. The Balaban J connectivity index is 2.60. The van der Waals surface area contributed by atoms with Gasteiger partial charge in [0.1, 0.15) is 5.82 Å². The van der Waals surface area contributed by atoms with Gasteiger partial charge >= 0.3 is 0 Å². The van der Waals surface area contributed by atoms with Crippen LogP contribution in [-0.4, -0.2) is 22.0 Å². The molecule has 0 radical (unpaired) electrons. The molecule has 0 aliphatic carbocycles. The van der Waals surface area contributed by atoms with E-state index in [1.54, 1.807) is 19.3 Å². The Labute approximate surface area is 103 Å². The lowest BCUT2D eigenvalue weighted by Gasteiger charge is -2.08. The molecule has 6 heteroatoms. The molecule has 0 bridgehead atoms. The number of aromatic nitrogens is 2. The molecule has 0 saturated carbocycles. The van der Waals surface area contributed by atoms with E-state index in [1.165, 1.54) is 17.9 Å². The molecule has 2 rings (SSSR count). The lowest BCUT2D eigenvalue weighted by molar-refractivity contribution is 0.373. The van der Waals surface area contributed by atoms with E-state index in [-0.39, 0.29) is 5.75 Å². The number of aryl methyl sites for hydroxylation is 1. The average Bonchev–Trinajstić information content (AvgIpc) is 2.63. The second-order valence-electron chi connectivity index (χ2n) is 3.57. The number of nitrogens with two attached hydrogens (primary N) is 1. The van der Waals surface area contributed by atoms with Crippen molar-refractivity contribution in [1.29, 1.82) is 0 Å². The van der Waals surface area contributed by atoms with Crippen molar-refractivity contribution in [1.82, 2.24) is 9.78 Å². The quantitative estimate of drug-likeness (QED) is 0.859. The second-order valence-corrected chi connectivity index (χ2v) is 3.98. The highest BCUT2D eigenvalue weighted by Crippen LogP contribution is 2.39. The SMILES string of the molecule is COc1cc(Cl)c(-c2cnn(C)c2N)cc1O. The fourth-order valence-corrected chi connectivity index (χ4v) is 1.82. The van der Waals surface area contributed by atoms with Crippen molar-refractivity contribution < 1.29 is 9.84 Å². The number of phenolic OH excluding ortho intramolecular Hbond substituents is 1. The maximum Gasteiger partial charge on any atom is 0.162 e. The smallest absolute Gasteiger partial charge is 0.162 e. The lowest BCUT2D eigenvalue weighted by Crippen LogP contribution is -1.98. The summed E-state index contributed by atoms with van der Waals surface area (Å²) in [5.41, 5.74) is 7.15. The second kappa shape index (κ2) is 4.18. The minimum atomic E-state index is 0.00940. The fraction of sp³-hybridized carbons (Fsp3) is 0.182. The molecule has 0 atom stereocenters. The van der Waals surface area contributed by atoms with Crippen LogP contribution in [0.25, 0.3) is 11.1 Å². The number of methoxy groups -OCH3 is 1. The molecule has 0 amide bonds. The zero-order chi connectivity index (χ0) is 12.6. The van der Waals surface area contributed by atoms with E-state index in [0.717, 1.165) is 0 Å². The summed E-state index contributed by atoms with van der Waals surface area (Å²) in [5.74, 6) is 0.813. The molecular formula is C11H12ClN3O2. The Morgan fingerprint density at radius 1 is 1.41 bits per heavy atom. The number of benzene rings is 1. The molecule has 0 saturated heterocycles. The van der Waals surface area contributed by atoms with E-state index in [9.17, 15) is 5.11 Å². The van der Waals surface area contributed by atoms with Crippen LogP contribution in [0.2, 0.25) is 5.02 Å². The molecule has 5 nitrogen and oxygen atoms in total. The first-order chi connectivity index (χ1) is 8.04. The van der Waals surface area contributed by atoms with Crippen molar-refractivity contribution >= 4 is 17.4 Å². The molecule has 3 N–H and O–H groups in total. The van der Waals surface area contributed by atoms with Crippen LogP contribution < -0.4 is 10.5 Å². The van der Waals surface area contributed by atoms with Gasteiger partial charge in [0.2, 0.25) is 0 Å². The number of halogens is 1. The minimum Gasteiger partial charge on any atom is -0.504 e. The van der Waals surface area contributed by atoms with Gasteiger partial charge in [-0.25, -0.2) is 0 Å². The van der Waals surface area contributed by atoms with Crippen LogP contribution in [0.4, 0.5) is 5.82 Å². The lowest BCUT2D eigenvalue weighted by atomic mass is 10.1. The predicted octanol–water partition coefficient (Wildman–Crippen LogP) is 2.04. The van der Waals surface area contributed by atoms with E-state index < -0.39 is 0 Å². The number of aromatic hydroxyl groups is 1. The number of nitrogen functional groups attached to an aromatic ring is 1. The highest BCUT2D eigenvalue weighted by molar-refractivity contribution is 6.33. The van der Waals surface area contributed by atoms with Crippen LogP contribution in [0.3, 0.4) is 0 Å². The minimum absolute atomic E-state index is 0.00940. The molecule has 1 aromatic heterocycles. The maximum absolute atomic E-state index is 9.72. The first-order valence-electron chi connectivity index (χ1n) is 4.89. The molecule has 17 heavy (non-hydrogen) atoms. The number of phenols is 1. The van der Waals surface area contributed by atoms with Gasteiger partial charge < -0.3 is 15.6 Å². The topological polar surface area (TPSA) is 73.3 Å². The van der Waals surface area contributed by atoms with Gasteiger partial charge in [-0.3, -0.25) is 4.68 Å². The molecule has 1 aromatic carbocycles. The van der Waals surface area contributed by atoms with Gasteiger partial charge in [0, 0.05) is 24.2 Å². The van der Waals surface area contributed by atoms with Crippen molar-refractivity contribution in [2.24, 2.45) is 7.05 Å². The number of ether oxygens (including phenoxy) is 1. The predicted molar refractivity (Wildman–Crippen MR) is 66.3 cm³/mol. The van der Waals surface area contributed by atoms with Crippen molar-refractivity contribution in [2.45, 2.75) is 0 Å². The summed E-state index contributed by atoms with van der Waals surface area (Å²) >= 11 is 6.11. The molecule has 0 spiro atoms. The van der Waals surface area contributed by atoms with Crippen molar-refractivity contribution in [2.75, 3.05) is 12.8 Å². The molecule has 90 valence electrons. The van der Waals surface area contributed by atoms with Gasteiger partial charge in [-0.1, -0.05) is 11.6 Å². The van der Waals surface area contributed by atoms with Crippen LogP contribution >= 0.6 is 11.6 Å². The normalized spacial score (nSPS) is 10.5. The summed E-state index contributed by atoms with van der Waals surface area (Å²) in [4.78, 5) is 0. The van der Waals surface area contributed by atoms with E-state index in [4.69, 9.17) is 22.1 Å². The van der Waals surface area contributed by atoms with Crippen LogP contribution in [0.5, 0.6) is 11.5 Å². The number of anilines is 1. The van der Waals surface area contributed by atoms with Crippen molar-refractivity contribution in [3.05, 3.63) is 23.4 Å². The number of nitrogens with zero attached hydrogens (tertiary/aromatic N) is 2. The van der Waals surface area contributed by atoms with E-state index in [0.29, 0.717) is 27.7 Å². The third-order valence-corrected chi connectivity index (χ3v) is 2.86. The zero-order valence-electron chi connectivity index (χ0n) is 9.44. The summed E-state index contributed by atoms with van der Waals surface area (Å²) in [6.07, 6.45) is 1.60. The van der Waals surface area contributed by atoms with Gasteiger partial charge in [0.25, 0.3) is 0 Å². The molecule has 2 aromatic rings. The van der Waals surface area contributed by atoms with Gasteiger partial charge in [0.05, 0.1) is 18.3 Å². The van der Waals surface area contributed by atoms with E-state index in [2.05, 4.69) is 5.10 Å². The van der Waals surface area contributed by atoms with E-state index >= 15 is 0 Å². The number of hydrogen-bond acceptors (Lipinski definition) is 4. The van der Waals surface area contributed by atoms with Crippen LogP contribution in [-0.2, 0) is 7.05 Å². The molecule has 0 fully saturated rings. The molecule has 0 unspecified atom stereocenters. The van der Waals surface area contributed by atoms with Crippen LogP contribution in [0.1, 0.15) is 0 Å². The summed E-state index contributed by atoms with van der Waals surface area (Å²) in [6, 6.07) is 3.05. The van der Waals surface area contributed by atoms with Gasteiger partial charge in [-0.15, -0.1) is 0 Å². The summed E-state index contributed by atoms with van der Waals surface area (Å²) < 4.78 is 6.50. The average molecular weight is 254 g/mol. The highest BCUT2D eigenvalue weighted by atomic mass is 35.5. The summed E-state index contributed by atoms with van der Waals surface area (Å²) in [5, 5.41) is 14.2. The Morgan fingerprint density at radius 3 is 2.65 bits per heavy atom. The van der Waals surface area contributed by atoms with Gasteiger partial charge in [0.15, 0.2) is 11.5 Å². The van der Waals surface area contributed by atoms with Crippen LogP contribution in [0, 0.1) is 0 Å². The monoisotopic (exact) mass is 253 g/mol. The summed E-state index contributed by atoms with van der Waals surface area (Å²) in [7, 11) is 3.19. The third-order valence-electron chi connectivity index (χ3n) is 2.54. The maximum atomic E-state index is 9.72. The Morgan fingerprint density at radius 2 is 2.12 bits per heavy atom. The van der Waals surface area contributed by atoms with Crippen molar-refractivity contribution in [3.63, 3.8) is 0 Å². The zero-order valence-corrected chi connectivity index (χ0v) is 10.2. The first-order valence-corrected chi connectivity index (χ1v) is 5.26. The largest absolute Gasteiger partial charge is 0.504 e. The molecular weight excluding hydrogens is 242 g/mol. The van der Waals surface area contributed by atoms with Gasteiger partial charge in [-0.2, -0.15) is 5.10 Å². The molecule has 0 aliphatic rings. The standard InChI is InChI=1S/C11H12ClN3O2/c1-15-11(13)7(5-14-15)6-3-9(16)10(17-2)4-8(6)12/h3-5,16H,13H2,1-2H3. The number of hydrogen-bond donors (Lipinski definition) is 2. The van der Waals surface area contributed by atoms with Crippen molar-refractivity contribution in [3.8, 4) is 22.6 Å². The molecule has 1 heterocycles. The fourth-order valence-electron chi connectivity index (χ4n) is 1.57. The van der Waals surface area contributed by atoms with Crippen LogP contribution in [0.15, 0.2) is 18.3 Å². The first kappa shape index (κ1) is 11.6. The summed E-state index contributed by atoms with van der Waals surface area (Å²) in [6.45, 7) is 0. The number of rotatable bonds is 2.